The van der Waals surface area contributed by atoms with Crippen molar-refractivity contribution in [3.05, 3.63) is 0 Å². The van der Waals surface area contributed by atoms with Crippen LogP contribution in [-0.4, -0.2) is 46.1 Å². The van der Waals surface area contributed by atoms with E-state index in [-0.39, 0.29) is 0 Å². The van der Waals surface area contributed by atoms with E-state index < -0.39 is 30.8 Å². The van der Waals surface area contributed by atoms with Gasteiger partial charge in [-0.05, 0) is 6.92 Å². The zero-order valence-electron chi connectivity index (χ0n) is 6.07. The fourth-order valence-corrected chi connectivity index (χ4v) is 0.535. The molecule has 3 N–H and O–H groups in total. The van der Waals surface area contributed by atoms with E-state index in [2.05, 4.69) is 0 Å². The number of Topliss-reactive ketones (excluding diaryl/α,β-unsaturated/α-hetero) is 1. The monoisotopic (exact) mass is 166 g/mol. The second-order valence-corrected chi connectivity index (χ2v) is 2.24. The number of halogens is 1. The summed E-state index contributed by atoms with van der Waals surface area (Å²) in [5, 5.41) is 25.7. The van der Waals surface area contributed by atoms with E-state index in [1.807, 2.05) is 0 Å². The van der Waals surface area contributed by atoms with E-state index in [0.29, 0.717) is 0 Å². The molecule has 5 heteroatoms. The SMILES string of the molecule is C[C@@H](F)[C@@H](O)[C@H](O)C(=O)CO. The van der Waals surface area contributed by atoms with Gasteiger partial charge in [-0.1, -0.05) is 0 Å². The minimum atomic E-state index is -1.83. The molecule has 3 atom stereocenters. The molecule has 0 spiro atoms. The number of carbonyl (C=O) groups excluding carboxylic acids is 1. The van der Waals surface area contributed by atoms with Gasteiger partial charge in [-0.3, -0.25) is 4.79 Å². The third-order valence-corrected chi connectivity index (χ3v) is 1.28. The molecule has 0 rings (SSSR count). The number of rotatable bonds is 4. The summed E-state index contributed by atoms with van der Waals surface area (Å²) in [6.07, 6.45) is -5.28. The highest BCUT2D eigenvalue weighted by Crippen LogP contribution is 2.03. The van der Waals surface area contributed by atoms with E-state index in [4.69, 9.17) is 15.3 Å². The van der Waals surface area contributed by atoms with Crippen LogP contribution in [0.3, 0.4) is 0 Å². The highest BCUT2D eigenvalue weighted by atomic mass is 19.1. The second kappa shape index (κ2) is 4.38. The van der Waals surface area contributed by atoms with Gasteiger partial charge in [0.25, 0.3) is 0 Å². The Labute approximate surface area is 63.3 Å². The van der Waals surface area contributed by atoms with Crippen LogP contribution in [0.2, 0.25) is 0 Å². The number of aliphatic hydroxyl groups excluding tert-OH is 3. The second-order valence-electron chi connectivity index (χ2n) is 2.24. The molecule has 0 fully saturated rings. The lowest BCUT2D eigenvalue weighted by Gasteiger charge is -2.16. The summed E-state index contributed by atoms with van der Waals surface area (Å²) in [6, 6.07) is 0. The molecule has 0 saturated heterocycles. The normalized spacial score (nSPS) is 19.0. The van der Waals surface area contributed by atoms with Crippen LogP contribution in [0.1, 0.15) is 6.92 Å². The van der Waals surface area contributed by atoms with Crippen LogP contribution in [-0.2, 0) is 4.79 Å². The van der Waals surface area contributed by atoms with Crippen molar-refractivity contribution in [2.45, 2.75) is 25.3 Å². The number of hydrogen-bond acceptors (Lipinski definition) is 4. The molecule has 4 nitrogen and oxygen atoms in total. The molecule has 0 bridgehead atoms. The summed E-state index contributed by atoms with van der Waals surface area (Å²) in [5.41, 5.74) is 0. The van der Waals surface area contributed by atoms with Gasteiger partial charge in [0.1, 0.15) is 25.0 Å². The van der Waals surface area contributed by atoms with Crippen LogP contribution < -0.4 is 0 Å². The summed E-state index contributed by atoms with van der Waals surface area (Å²) < 4.78 is 12.2. The molecule has 0 aliphatic heterocycles. The maximum atomic E-state index is 12.2. The first-order chi connectivity index (χ1) is 5.00. The summed E-state index contributed by atoms with van der Waals surface area (Å²) in [5.74, 6) is -0.984. The average molecular weight is 166 g/mol. The fraction of sp³-hybridized carbons (Fsp3) is 0.833. The first-order valence-corrected chi connectivity index (χ1v) is 3.14. The minimum Gasteiger partial charge on any atom is -0.388 e. The highest BCUT2D eigenvalue weighted by molar-refractivity contribution is 5.84. The molecule has 0 aliphatic carbocycles. The Hall–Kier alpha value is -0.520. The third kappa shape index (κ3) is 2.92. The van der Waals surface area contributed by atoms with Crippen molar-refractivity contribution in [1.29, 1.82) is 0 Å². The van der Waals surface area contributed by atoms with E-state index in [1.165, 1.54) is 0 Å². The van der Waals surface area contributed by atoms with Crippen molar-refractivity contribution in [3.63, 3.8) is 0 Å². The van der Waals surface area contributed by atoms with E-state index >= 15 is 0 Å². The van der Waals surface area contributed by atoms with Gasteiger partial charge >= 0.3 is 0 Å². The lowest BCUT2D eigenvalue weighted by molar-refractivity contribution is -0.138. The summed E-state index contributed by atoms with van der Waals surface area (Å²) in [4.78, 5) is 10.4. The van der Waals surface area contributed by atoms with Crippen LogP contribution in [0, 0.1) is 0 Å². The molecule has 0 unspecified atom stereocenters. The zero-order valence-corrected chi connectivity index (χ0v) is 6.07. The first-order valence-electron chi connectivity index (χ1n) is 3.14. The molecule has 0 aromatic heterocycles. The van der Waals surface area contributed by atoms with Crippen molar-refractivity contribution in [2.75, 3.05) is 6.61 Å². The Morgan fingerprint density at radius 2 is 2.00 bits per heavy atom. The Morgan fingerprint density at radius 1 is 1.55 bits per heavy atom. The van der Waals surface area contributed by atoms with Gasteiger partial charge in [-0.15, -0.1) is 0 Å². The van der Waals surface area contributed by atoms with Crippen LogP contribution >= 0.6 is 0 Å². The predicted molar refractivity (Wildman–Crippen MR) is 34.7 cm³/mol. The van der Waals surface area contributed by atoms with Crippen molar-refractivity contribution < 1.29 is 24.5 Å². The zero-order chi connectivity index (χ0) is 9.02. The van der Waals surface area contributed by atoms with E-state index in [0.717, 1.165) is 6.92 Å². The van der Waals surface area contributed by atoms with Crippen molar-refractivity contribution in [3.8, 4) is 0 Å². The summed E-state index contributed by atoms with van der Waals surface area (Å²) in [7, 11) is 0. The maximum Gasteiger partial charge on any atom is 0.189 e. The van der Waals surface area contributed by atoms with Gasteiger partial charge in [0.2, 0.25) is 0 Å². The molecule has 0 aromatic carbocycles. The molecule has 0 radical (unpaired) electrons. The quantitative estimate of drug-likeness (QED) is 0.481. The molecule has 11 heavy (non-hydrogen) atoms. The van der Waals surface area contributed by atoms with Crippen LogP contribution in [0.5, 0.6) is 0 Å². The van der Waals surface area contributed by atoms with Crippen LogP contribution in [0.4, 0.5) is 4.39 Å². The minimum absolute atomic E-state index is 0.898. The predicted octanol–water partition coefficient (Wildman–Crippen LogP) is -1.37. The molecule has 0 heterocycles. The molecular formula is C6H11FO4. The van der Waals surface area contributed by atoms with Gasteiger partial charge in [-0.25, -0.2) is 4.39 Å². The summed E-state index contributed by atoms with van der Waals surface area (Å²) in [6.45, 7) is 0.115. The summed E-state index contributed by atoms with van der Waals surface area (Å²) >= 11 is 0. The van der Waals surface area contributed by atoms with Crippen molar-refractivity contribution in [2.24, 2.45) is 0 Å². The van der Waals surface area contributed by atoms with Crippen molar-refractivity contribution >= 4 is 5.78 Å². The smallest absolute Gasteiger partial charge is 0.189 e. The number of alkyl halides is 1. The maximum absolute atomic E-state index is 12.2. The standard InChI is InChI=1S/C6H11FO4/c1-3(7)5(10)6(11)4(9)2-8/h3,5-6,8,10-11H,2H2,1H3/t3-,5-,6-/m1/s1. The third-order valence-electron chi connectivity index (χ3n) is 1.28. The molecule has 0 saturated carbocycles. The fourth-order valence-electron chi connectivity index (χ4n) is 0.535. The molecular weight excluding hydrogens is 155 g/mol. The average Bonchev–Trinajstić information content (AvgIpc) is 2.00. The van der Waals surface area contributed by atoms with Gasteiger partial charge < -0.3 is 15.3 Å². The number of carbonyl (C=O) groups is 1. The van der Waals surface area contributed by atoms with Gasteiger partial charge in [0.15, 0.2) is 5.78 Å². The Balaban J connectivity index is 4.01. The Kier molecular flexibility index (Phi) is 4.17. The van der Waals surface area contributed by atoms with Gasteiger partial charge in [0.05, 0.1) is 0 Å². The molecule has 0 aliphatic rings. The lowest BCUT2D eigenvalue weighted by atomic mass is 10.1. The van der Waals surface area contributed by atoms with Gasteiger partial charge in [0, 0.05) is 0 Å². The van der Waals surface area contributed by atoms with Crippen LogP contribution in [0.15, 0.2) is 0 Å². The largest absolute Gasteiger partial charge is 0.388 e. The van der Waals surface area contributed by atoms with E-state index in [9.17, 15) is 9.18 Å². The van der Waals surface area contributed by atoms with Gasteiger partial charge in [-0.2, -0.15) is 0 Å². The Morgan fingerprint density at radius 3 is 2.27 bits per heavy atom. The topological polar surface area (TPSA) is 77.8 Å². The first kappa shape index (κ1) is 10.5. The number of hydrogen-bond donors (Lipinski definition) is 3. The molecule has 0 amide bonds. The Bertz CT molecular complexity index is 137. The van der Waals surface area contributed by atoms with Crippen molar-refractivity contribution in [1.82, 2.24) is 0 Å². The van der Waals surface area contributed by atoms with Crippen LogP contribution in [0.25, 0.3) is 0 Å². The number of ketones is 1. The molecule has 66 valence electrons. The molecule has 0 aromatic rings. The highest BCUT2D eigenvalue weighted by Gasteiger charge is 2.27. The van der Waals surface area contributed by atoms with E-state index in [1.54, 1.807) is 0 Å². The number of aliphatic hydroxyl groups is 3. The lowest BCUT2D eigenvalue weighted by Crippen LogP contribution is -2.40.